The number of aromatic hydroxyl groups is 1. The zero-order chi connectivity index (χ0) is 27.0. The van der Waals surface area contributed by atoms with Gasteiger partial charge in [-0.3, -0.25) is 14.4 Å². The number of nitrogens with zero attached hydrogens (tertiary/aromatic N) is 1. The summed E-state index contributed by atoms with van der Waals surface area (Å²) < 4.78 is 0. The summed E-state index contributed by atoms with van der Waals surface area (Å²) in [5.74, 6) is -2.19. The highest BCUT2D eigenvalue weighted by molar-refractivity contribution is 5.94. The average Bonchev–Trinajstić information content (AvgIpc) is 3.28. The summed E-state index contributed by atoms with van der Waals surface area (Å²) in [6.45, 7) is 8.17. The molecule has 1 fully saturated rings. The molecule has 10 nitrogen and oxygen atoms in total. The number of phenols is 1. The van der Waals surface area contributed by atoms with E-state index in [0.717, 1.165) is 0 Å². The first-order valence-corrected chi connectivity index (χ1v) is 12.6. The molecule has 0 radical (unpaired) electrons. The number of hydrogen-bond donors (Lipinski definition) is 5. The van der Waals surface area contributed by atoms with E-state index in [9.17, 15) is 29.4 Å². The Labute approximate surface area is 212 Å². The topological polar surface area (TPSA) is 162 Å². The molecule has 0 saturated carbocycles. The van der Waals surface area contributed by atoms with E-state index in [1.807, 2.05) is 27.7 Å². The minimum atomic E-state index is -1.22. The second kappa shape index (κ2) is 13.2. The van der Waals surface area contributed by atoms with Crippen LogP contribution in [0.2, 0.25) is 0 Å². The van der Waals surface area contributed by atoms with Gasteiger partial charge in [0, 0.05) is 13.0 Å². The van der Waals surface area contributed by atoms with E-state index in [0.29, 0.717) is 37.8 Å². The number of carboxylic acid groups (broad SMARTS) is 1. The number of carboxylic acids is 1. The lowest BCUT2D eigenvalue weighted by molar-refractivity contribution is -0.143. The summed E-state index contributed by atoms with van der Waals surface area (Å²) in [6, 6.07) is 2.48. The van der Waals surface area contributed by atoms with E-state index in [4.69, 9.17) is 5.73 Å². The summed E-state index contributed by atoms with van der Waals surface area (Å²) in [7, 11) is 0. The van der Waals surface area contributed by atoms with Gasteiger partial charge in [0.2, 0.25) is 17.7 Å². The van der Waals surface area contributed by atoms with E-state index in [1.54, 1.807) is 12.1 Å². The molecule has 200 valence electrons. The van der Waals surface area contributed by atoms with Gasteiger partial charge in [0.15, 0.2) is 0 Å². The number of amides is 3. The van der Waals surface area contributed by atoms with E-state index < -0.39 is 42.0 Å². The third-order valence-electron chi connectivity index (χ3n) is 6.21. The molecule has 1 heterocycles. The van der Waals surface area contributed by atoms with Crippen LogP contribution in [-0.4, -0.2) is 69.5 Å². The fourth-order valence-corrected chi connectivity index (χ4v) is 4.44. The first-order valence-electron chi connectivity index (χ1n) is 12.6. The zero-order valence-corrected chi connectivity index (χ0v) is 21.6. The predicted octanol–water partition coefficient (Wildman–Crippen LogP) is 1.40. The maximum absolute atomic E-state index is 13.2. The molecule has 3 amide bonds. The largest absolute Gasteiger partial charge is 0.508 e. The SMILES string of the molecule is CC(C)CC(N)C(=O)N1CCCC1C(=O)NC(CC(C)C)C(=O)NC(Cc1ccc(O)cc1)C(=O)O. The number of carbonyl (C=O) groups excluding carboxylic acids is 3. The van der Waals surface area contributed by atoms with E-state index >= 15 is 0 Å². The smallest absolute Gasteiger partial charge is 0.326 e. The molecule has 2 rings (SSSR count). The van der Waals surface area contributed by atoms with Crippen molar-refractivity contribution >= 4 is 23.7 Å². The van der Waals surface area contributed by atoms with Crippen LogP contribution in [0.1, 0.15) is 58.9 Å². The molecule has 4 atom stereocenters. The highest BCUT2D eigenvalue weighted by Gasteiger charge is 2.38. The number of aliphatic carboxylic acids is 1. The lowest BCUT2D eigenvalue weighted by atomic mass is 10.0. The Morgan fingerprint density at radius 3 is 2.17 bits per heavy atom. The Morgan fingerprint density at radius 1 is 1.00 bits per heavy atom. The molecule has 36 heavy (non-hydrogen) atoms. The average molecular weight is 505 g/mol. The fourth-order valence-electron chi connectivity index (χ4n) is 4.44. The Bertz CT molecular complexity index is 918. The van der Waals surface area contributed by atoms with Gasteiger partial charge in [-0.2, -0.15) is 0 Å². The van der Waals surface area contributed by atoms with Crippen molar-refractivity contribution in [3.63, 3.8) is 0 Å². The van der Waals surface area contributed by atoms with Crippen molar-refractivity contribution in [2.24, 2.45) is 17.6 Å². The van der Waals surface area contributed by atoms with Crippen molar-refractivity contribution < 1.29 is 29.4 Å². The van der Waals surface area contributed by atoms with Crippen LogP contribution in [0.3, 0.4) is 0 Å². The van der Waals surface area contributed by atoms with Crippen LogP contribution in [-0.2, 0) is 25.6 Å². The number of carbonyl (C=O) groups is 4. The summed E-state index contributed by atoms with van der Waals surface area (Å²) in [6.07, 6.45) is 1.96. The molecular weight excluding hydrogens is 464 g/mol. The summed E-state index contributed by atoms with van der Waals surface area (Å²) >= 11 is 0. The number of nitrogens with two attached hydrogens (primary N) is 1. The van der Waals surface area contributed by atoms with Gasteiger partial charge in [-0.05, 0) is 55.2 Å². The van der Waals surface area contributed by atoms with Gasteiger partial charge in [0.25, 0.3) is 0 Å². The van der Waals surface area contributed by atoms with Crippen LogP contribution in [0, 0.1) is 11.8 Å². The summed E-state index contributed by atoms with van der Waals surface area (Å²) in [4.78, 5) is 52.5. The molecule has 1 aliphatic heterocycles. The Hall–Kier alpha value is -3.14. The van der Waals surface area contributed by atoms with Crippen molar-refractivity contribution in [3.05, 3.63) is 29.8 Å². The fraction of sp³-hybridized carbons (Fsp3) is 0.615. The number of benzene rings is 1. The third kappa shape index (κ3) is 8.51. The molecule has 10 heteroatoms. The molecule has 1 aromatic rings. The van der Waals surface area contributed by atoms with Gasteiger partial charge >= 0.3 is 5.97 Å². The molecular formula is C26H40N4O6. The van der Waals surface area contributed by atoms with Crippen molar-refractivity contribution in [1.82, 2.24) is 15.5 Å². The number of rotatable bonds is 12. The van der Waals surface area contributed by atoms with Crippen LogP contribution in [0.25, 0.3) is 0 Å². The van der Waals surface area contributed by atoms with Crippen molar-refractivity contribution in [1.29, 1.82) is 0 Å². The number of hydrogen-bond acceptors (Lipinski definition) is 6. The van der Waals surface area contributed by atoms with Gasteiger partial charge in [0.1, 0.15) is 23.9 Å². The standard InChI is InChI=1S/C26H40N4O6/c1-15(2)12-19(27)25(34)30-11-5-6-22(30)24(33)28-20(13-16(3)4)23(32)29-21(26(35)36)14-17-7-9-18(31)10-8-17/h7-10,15-16,19-22,31H,5-6,11-14,27H2,1-4H3,(H,28,33)(H,29,32)(H,35,36). The number of phenolic OH excluding ortho intramolecular Hbond substituents is 1. The van der Waals surface area contributed by atoms with Gasteiger partial charge < -0.3 is 31.5 Å². The zero-order valence-electron chi connectivity index (χ0n) is 21.6. The molecule has 0 spiro atoms. The van der Waals surface area contributed by atoms with Crippen LogP contribution >= 0.6 is 0 Å². The molecule has 1 saturated heterocycles. The van der Waals surface area contributed by atoms with Crippen molar-refractivity contribution in [2.75, 3.05) is 6.54 Å². The Morgan fingerprint density at radius 2 is 1.61 bits per heavy atom. The molecule has 0 aliphatic carbocycles. The molecule has 6 N–H and O–H groups in total. The summed E-state index contributed by atoms with van der Waals surface area (Å²) in [5.41, 5.74) is 6.70. The Kier molecular flexibility index (Phi) is 10.7. The second-order valence-corrected chi connectivity index (χ2v) is 10.4. The molecule has 0 aromatic heterocycles. The highest BCUT2D eigenvalue weighted by Crippen LogP contribution is 2.20. The maximum atomic E-state index is 13.2. The normalized spacial score (nSPS) is 18.1. The van der Waals surface area contributed by atoms with Gasteiger partial charge in [-0.1, -0.05) is 39.8 Å². The molecule has 1 aliphatic rings. The monoisotopic (exact) mass is 504 g/mol. The van der Waals surface area contributed by atoms with Gasteiger partial charge in [-0.15, -0.1) is 0 Å². The lowest BCUT2D eigenvalue weighted by Gasteiger charge is -2.29. The van der Waals surface area contributed by atoms with E-state index in [1.165, 1.54) is 17.0 Å². The Balaban J connectivity index is 2.11. The first kappa shape index (κ1) is 29.1. The first-order chi connectivity index (χ1) is 16.9. The lowest BCUT2D eigenvalue weighted by Crippen LogP contribution is -2.57. The number of nitrogens with one attached hydrogen (secondary N) is 2. The molecule has 0 bridgehead atoms. The van der Waals surface area contributed by atoms with Gasteiger partial charge in [0.05, 0.1) is 6.04 Å². The van der Waals surface area contributed by atoms with Crippen LogP contribution in [0.5, 0.6) is 5.75 Å². The predicted molar refractivity (Wildman–Crippen MR) is 135 cm³/mol. The van der Waals surface area contributed by atoms with Crippen molar-refractivity contribution in [3.8, 4) is 5.75 Å². The quantitative estimate of drug-likeness (QED) is 0.287. The van der Waals surface area contributed by atoms with Crippen molar-refractivity contribution in [2.45, 2.75) is 84.0 Å². The third-order valence-corrected chi connectivity index (χ3v) is 6.21. The second-order valence-electron chi connectivity index (χ2n) is 10.4. The van der Waals surface area contributed by atoms with Gasteiger partial charge in [-0.25, -0.2) is 4.79 Å². The van der Waals surface area contributed by atoms with E-state index in [-0.39, 0.29) is 29.9 Å². The molecule has 4 unspecified atom stereocenters. The number of likely N-dealkylation sites (tertiary alicyclic amines) is 1. The van der Waals surface area contributed by atoms with Crippen LogP contribution in [0.15, 0.2) is 24.3 Å². The van der Waals surface area contributed by atoms with Crippen LogP contribution in [0.4, 0.5) is 0 Å². The molecule has 1 aromatic carbocycles. The van der Waals surface area contributed by atoms with E-state index in [2.05, 4.69) is 10.6 Å². The highest BCUT2D eigenvalue weighted by atomic mass is 16.4. The minimum absolute atomic E-state index is 0.0162. The minimum Gasteiger partial charge on any atom is -0.508 e. The maximum Gasteiger partial charge on any atom is 0.326 e. The van der Waals surface area contributed by atoms with Crippen LogP contribution < -0.4 is 16.4 Å². The summed E-state index contributed by atoms with van der Waals surface area (Å²) in [5, 5.41) is 24.4.